The van der Waals surface area contributed by atoms with Gasteiger partial charge in [0, 0.05) is 34.3 Å². The molecule has 2 heterocycles. The minimum atomic E-state index is -0.0960. The van der Waals surface area contributed by atoms with Crippen molar-refractivity contribution in [2.45, 2.75) is 13.3 Å². The number of aryl methyl sites for hydroxylation is 1. The normalized spacial score (nSPS) is 13.0. The molecule has 0 saturated heterocycles. The molecule has 110 valence electrons. The molecule has 4 heteroatoms. The van der Waals surface area contributed by atoms with Gasteiger partial charge < -0.3 is 15.0 Å². The van der Waals surface area contributed by atoms with E-state index in [1.54, 1.807) is 6.07 Å². The fourth-order valence-corrected chi connectivity index (χ4v) is 2.89. The van der Waals surface area contributed by atoms with Crippen LogP contribution < -0.4 is 10.1 Å². The number of aromatic nitrogens is 1. The third kappa shape index (κ3) is 2.22. The Morgan fingerprint density at radius 2 is 2.09 bits per heavy atom. The zero-order valence-electron chi connectivity index (χ0n) is 12.3. The van der Waals surface area contributed by atoms with E-state index in [0.717, 1.165) is 40.0 Å². The Hall–Kier alpha value is -2.75. The summed E-state index contributed by atoms with van der Waals surface area (Å²) >= 11 is 0. The second kappa shape index (κ2) is 4.91. The Bertz CT molecular complexity index is 880. The van der Waals surface area contributed by atoms with Crippen molar-refractivity contribution < 1.29 is 9.53 Å². The van der Waals surface area contributed by atoms with Crippen LogP contribution in [0.25, 0.3) is 10.9 Å². The highest BCUT2D eigenvalue weighted by Crippen LogP contribution is 2.26. The molecule has 1 aliphatic rings. The number of H-pyrrole nitrogens is 1. The van der Waals surface area contributed by atoms with Crippen LogP contribution in [0.3, 0.4) is 0 Å². The van der Waals surface area contributed by atoms with Gasteiger partial charge in [0.15, 0.2) is 0 Å². The summed E-state index contributed by atoms with van der Waals surface area (Å²) < 4.78 is 5.47. The van der Waals surface area contributed by atoms with Crippen molar-refractivity contribution in [2.24, 2.45) is 0 Å². The maximum Gasteiger partial charge on any atom is 0.255 e. The molecule has 2 N–H and O–H groups in total. The van der Waals surface area contributed by atoms with Crippen LogP contribution in [0.1, 0.15) is 21.6 Å². The van der Waals surface area contributed by atoms with E-state index in [9.17, 15) is 4.79 Å². The number of rotatable bonds is 2. The molecule has 1 aromatic heterocycles. The van der Waals surface area contributed by atoms with Crippen LogP contribution in [-0.4, -0.2) is 17.5 Å². The summed E-state index contributed by atoms with van der Waals surface area (Å²) in [4.78, 5) is 15.7. The molecule has 0 saturated carbocycles. The molecule has 4 nitrogen and oxygen atoms in total. The number of hydrogen-bond acceptors (Lipinski definition) is 2. The standard InChI is InChI=1S/C18H16N2O2/c1-11-8-14-10-15(3-4-16(14)19-11)20-18(21)13-2-5-17-12(9-13)6-7-22-17/h2-5,8-10,19H,6-7H2,1H3,(H,20,21). The molecule has 0 aliphatic carbocycles. The molecule has 0 unspecified atom stereocenters. The van der Waals surface area contributed by atoms with Gasteiger partial charge in [-0.05, 0) is 55.0 Å². The lowest BCUT2D eigenvalue weighted by molar-refractivity contribution is 0.102. The zero-order valence-corrected chi connectivity index (χ0v) is 12.3. The highest BCUT2D eigenvalue weighted by atomic mass is 16.5. The maximum atomic E-state index is 12.4. The Morgan fingerprint density at radius 1 is 1.18 bits per heavy atom. The third-order valence-electron chi connectivity index (χ3n) is 3.96. The van der Waals surface area contributed by atoms with Gasteiger partial charge in [-0.3, -0.25) is 4.79 Å². The van der Waals surface area contributed by atoms with Crippen LogP contribution in [0.2, 0.25) is 0 Å². The average Bonchev–Trinajstić information content (AvgIpc) is 3.10. The first-order valence-corrected chi connectivity index (χ1v) is 7.35. The van der Waals surface area contributed by atoms with Crippen molar-refractivity contribution in [1.29, 1.82) is 0 Å². The van der Waals surface area contributed by atoms with Gasteiger partial charge in [-0.25, -0.2) is 0 Å². The predicted molar refractivity (Wildman–Crippen MR) is 86.6 cm³/mol. The van der Waals surface area contributed by atoms with Gasteiger partial charge in [0.2, 0.25) is 0 Å². The number of anilines is 1. The quantitative estimate of drug-likeness (QED) is 0.757. The number of benzene rings is 2. The van der Waals surface area contributed by atoms with Crippen molar-refractivity contribution >= 4 is 22.5 Å². The Labute approximate surface area is 128 Å². The fraction of sp³-hybridized carbons (Fsp3) is 0.167. The number of nitrogens with one attached hydrogen (secondary N) is 2. The van der Waals surface area contributed by atoms with Crippen molar-refractivity contribution in [1.82, 2.24) is 4.98 Å². The third-order valence-corrected chi connectivity index (χ3v) is 3.96. The van der Waals surface area contributed by atoms with Gasteiger partial charge in [-0.1, -0.05) is 0 Å². The number of amides is 1. The van der Waals surface area contributed by atoms with E-state index < -0.39 is 0 Å². The molecular formula is C18H16N2O2. The summed E-state index contributed by atoms with van der Waals surface area (Å²) in [5, 5.41) is 4.05. The van der Waals surface area contributed by atoms with Crippen LogP contribution in [-0.2, 0) is 6.42 Å². The molecule has 1 amide bonds. The van der Waals surface area contributed by atoms with Gasteiger partial charge >= 0.3 is 0 Å². The number of aromatic amines is 1. The van der Waals surface area contributed by atoms with Crippen LogP contribution in [0.4, 0.5) is 5.69 Å². The molecule has 0 fully saturated rings. The number of carbonyl (C=O) groups is 1. The molecule has 2 aromatic carbocycles. The highest BCUT2D eigenvalue weighted by Gasteiger charge is 2.15. The van der Waals surface area contributed by atoms with E-state index in [0.29, 0.717) is 12.2 Å². The lowest BCUT2D eigenvalue weighted by atomic mass is 10.1. The van der Waals surface area contributed by atoms with Gasteiger partial charge in [-0.2, -0.15) is 0 Å². The molecule has 22 heavy (non-hydrogen) atoms. The van der Waals surface area contributed by atoms with Gasteiger partial charge in [0.1, 0.15) is 5.75 Å². The zero-order chi connectivity index (χ0) is 15.1. The van der Waals surface area contributed by atoms with E-state index in [1.165, 1.54) is 0 Å². The summed E-state index contributed by atoms with van der Waals surface area (Å²) in [6.07, 6.45) is 0.866. The largest absolute Gasteiger partial charge is 0.493 e. The van der Waals surface area contributed by atoms with Gasteiger partial charge in [-0.15, -0.1) is 0 Å². The van der Waals surface area contributed by atoms with Crippen LogP contribution in [0.5, 0.6) is 5.75 Å². The molecule has 0 radical (unpaired) electrons. The number of ether oxygens (including phenoxy) is 1. The fourth-order valence-electron chi connectivity index (χ4n) is 2.89. The van der Waals surface area contributed by atoms with Gasteiger partial charge in [0.25, 0.3) is 5.91 Å². The molecule has 0 bridgehead atoms. The lowest BCUT2D eigenvalue weighted by Crippen LogP contribution is -2.11. The van der Waals surface area contributed by atoms with Crippen molar-refractivity contribution in [2.75, 3.05) is 11.9 Å². The van der Waals surface area contributed by atoms with E-state index in [4.69, 9.17) is 4.74 Å². The molecule has 0 spiro atoms. The maximum absolute atomic E-state index is 12.4. The summed E-state index contributed by atoms with van der Waals surface area (Å²) in [6.45, 7) is 2.72. The molecular weight excluding hydrogens is 276 g/mol. The predicted octanol–water partition coefficient (Wildman–Crippen LogP) is 3.66. The average molecular weight is 292 g/mol. The molecule has 3 aromatic rings. The number of hydrogen-bond donors (Lipinski definition) is 2. The minimum Gasteiger partial charge on any atom is -0.493 e. The van der Waals surface area contributed by atoms with E-state index >= 15 is 0 Å². The number of carbonyl (C=O) groups excluding carboxylic acids is 1. The Morgan fingerprint density at radius 3 is 3.00 bits per heavy atom. The first-order valence-electron chi connectivity index (χ1n) is 7.35. The van der Waals surface area contributed by atoms with Gasteiger partial charge in [0.05, 0.1) is 6.61 Å². The Kier molecular flexibility index (Phi) is 2.89. The summed E-state index contributed by atoms with van der Waals surface area (Å²) in [6, 6.07) is 13.5. The number of fused-ring (bicyclic) bond motifs is 2. The first-order chi connectivity index (χ1) is 10.7. The Balaban J connectivity index is 1.59. The van der Waals surface area contributed by atoms with Crippen molar-refractivity contribution in [3.8, 4) is 5.75 Å². The molecule has 0 atom stereocenters. The summed E-state index contributed by atoms with van der Waals surface area (Å²) in [7, 11) is 0. The summed E-state index contributed by atoms with van der Waals surface area (Å²) in [5.74, 6) is 0.794. The lowest BCUT2D eigenvalue weighted by Gasteiger charge is -2.07. The first kappa shape index (κ1) is 13.0. The van der Waals surface area contributed by atoms with Crippen LogP contribution in [0.15, 0.2) is 42.5 Å². The van der Waals surface area contributed by atoms with Crippen LogP contribution in [0, 0.1) is 6.92 Å². The van der Waals surface area contributed by atoms with Crippen LogP contribution >= 0.6 is 0 Å². The molecule has 1 aliphatic heterocycles. The smallest absolute Gasteiger partial charge is 0.255 e. The second-order valence-electron chi connectivity index (χ2n) is 5.63. The van der Waals surface area contributed by atoms with E-state index in [1.807, 2.05) is 37.3 Å². The molecule has 4 rings (SSSR count). The van der Waals surface area contributed by atoms with Crippen molar-refractivity contribution in [3.05, 3.63) is 59.3 Å². The minimum absolute atomic E-state index is 0.0960. The van der Waals surface area contributed by atoms with E-state index in [-0.39, 0.29) is 5.91 Å². The SMILES string of the molecule is Cc1cc2cc(NC(=O)c3ccc4c(c3)CCO4)ccc2[nH]1. The topological polar surface area (TPSA) is 54.1 Å². The highest BCUT2D eigenvalue weighted by molar-refractivity contribution is 6.05. The summed E-state index contributed by atoms with van der Waals surface area (Å²) in [5.41, 5.74) is 4.74. The van der Waals surface area contributed by atoms with Crippen molar-refractivity contribution in [3.63, 3.8) is 0 Å². The van der Waals surface area contributed by atoms with E-state index in [2.05, 4.69) is 16.4 Å². The monoisotopic (exact) mass is 292 g/mol. The second-order valence-corrected chi connectivity index (χ2v) is 5.63.